The standard InChI is InChI=1S/C23H18F4N2O3S2/c1-14-17-5-3-4-6-20(17)33-22(14)29(34(30,31)16-8-10-21(32-2)28-12-16)13-15-7-9-19(24)18(11-15)23(25,26)27/h3-12H,13H2,1-2H3. The Kier molecular flexibility index (Phi) is 6.26. The number of rotatable bonds is 6. The summed E-state index contributed by atoms with van der Waals surface area (Å²) < 4.78 is 87.8. The van der Waals surface area contributed by atoms with Crippen LogP contribution in [0.25, 0.3) is 10.1 Å². The van der Waals surface area contributed by atoms with Crippen LogP contribution in [0.2, 0.25) is 0 Å². The summed E-state index contributed by atoms with van der Waals surface area (Å²) in [6, 6.07) is 12.4. The van der Waals surface area contributed by atoms with Crippen molar-refractivity contribution in [1.82, 2.24) is 4.98 Å². The molecule has 0 amide bonds. The molecule has 0 atom stereocenters. The van der Waals surface area contributed by atoms with Crippen molar-refractivity contribution in [1.29, 1.82) is 0 Å². The Balaban J connectivity index is 1.87. The molecule has 2 aromatic heterocycles. The lowest BCUT2D eigenvalue weighted by atomic mass is 10.1. The number of halogens is 4. The lowest BCUT2D eigenvalue weighted by molar-refractivity contribution is -0.140. The maximum Gasteiger partial charge on any atom is 0.419 e. The fraction of sp³-hybridized carbons (Fsp3) is 0.174. The van der Waals surface area contributed by atoms with E-state index in [-0.39, 0.29) is 16.3 Å². The van der Waals surface area contributed by atoms with Crippen LogP contribution in [0.15, 0.2) is 65.7 Å². The number of hydrogen-bond donors (Lipinski definition) is 0. The van der Waals surface area contributed by atoms with Crippen molar-refractivity contribution in [3.8, 4) is 5.88 Å². The third-order valence-electron chi connectivity index (χ3n) is 5.21. The SMILES string of the molecule is COc1ccc(S(=O)(=O)N(Cc2ccc(F)c(C(F)(F)F)c2)c2sc3ccccc3c2C)cn1. The van der Waals surface area contributed by atoms with Gasteiger partial charge in [0.05, 0.1) is 25.4 Å². The monoisotopic (exact) mass is 510 g/mol. The normalized spacial score (nSPS) is 12.2. The van der Waals surface area contributed by atoms with Gasteiger partial charge in [-0.3, -0.25) is 4.31 Å². The third kappa shape index (κ3) is 4.45. The summed E-state index contributed by atoms with van der Waals surface area (Å²) in [5.74, 6) is -1.22. The third-order valence-corrected chi connectivity index (χ3v) is 8.35. The Morgan fingerprint density at radius 2 is 1.82 bits per heavy atom. The van der Waals surface area contributed by atoms with E-state index in [2.05, 4.69) is 4.98 Å². The highest BCUT2D eigenvalue weighted by Crippen LogP contribution is 2.41. The Morgan fingerprint density at radius 1 is 1.09 bits per heavy atom. The lowest BCUT2D eigenvalue weighted by Crippen LogP contribution is -2.30. The topological polar surface area (TPSA) is 59.5 Å². The number of ether oxygens (including phenoxy) is 1. The van der Waals surface area contributed by atoms with E-state index in [9.17, 15) is 26.0 Å². The molecule has 4 rings (SSSR count). The molecule has 5 nitrogen and oxygen atoms in total. The molecule has 0 aliphatic rings. The van der Waals surface area contributed by atoms with Crippen molar-refractivity contribution in [3.63, 3.8) is 0 Å². The van der Waals surface area contributed by atoms with Crippen molar-refractivity contribution in [2.24, 2.45) is 0 Å². The molecule has 0 saturated carbocycles. The molecule has 0 radical (unpaired) electrons. The molecule has 0 saturated heterocycles. The lowest BCUT2D eigenvalue weighted by Gasteiger charge is -2.24. The van der Waals surface area contributed by atoms with Gasteiger partial charge in [0, 0.05) is 10.8 Å². The molecule has 11 heteroatoms. The Bertz CT molecular complexity index is 1450. The smallest absolute Gasteiger partial charge is 0.419 e. The van der Waals surface area contributed by atoms with Crippen LogP contribution in [0.4, 0.5) is 22.6 Å². The molecule has 4 aromatic rings. The summed E-state index contributed by atoms with van der Waals surface area (Å²) >= 11 is 1.20. The number of alkyl halides is 3. The van der Waals surface area contributed by atoms with Crippen LogP contribution in [-0.2, 0) is 22.7 Å². The summed E-state index contributed by atoms with van der Waals surface area (Å²) in [7, 11) is -2.87. The number of aryl methyl sites for hydroxylation is 1. The van der Waals surface area contributed by atoms with Gasteiger partial charge in [-0.1, -0.05) is 24.3 Å². The summed E-state index contributed by atoms with van der Waals surface area (Å²) in [5, 5.41) is 1.17. The maximum absolute atomic E-state index is 13.8. The van der Waals surface area contributed by atoms with Gasteiger partial charge in [-0.15, -0.1) is 11.3 Å². The van der Waals surface area contributed by atoms with E-state index in [1.54, 1.807) is 6.92 Å². The van der Waals surface area contributed by atoms with E-state index in [1.807, 2.05) is 24.3 Å². The Labute approximate surface area is 197 Å². The van der Waals surface area contributed by atoms with E-state index >= 15 is 0 Å². The number of aromatic nitrogens is 1. The number of thiophene rings is 1. The molecule has 0 unspecified atom stereocenters. The number of sulfonamides is 1. The van der Waals surface area contributed by atoms with Crippen LogP contribution in [0, 0.1) is 12.7 Å². The van der Waals surface area contributed by atoms with Gasteiger partial charge in [-0.25, -0.2) is 17.8 Å². The summed E-state index contributed by atoms with van der Waals surface area (Å²) in [5.41, 5.74) is -0.819. The molecule has 0 N–H and O–H groups in total. The van der Waals surface area contributed by atoms with Gasteiger partial charge in [-0.2, -0.15) is 13.2 Å². The van der Waals surface area contributed by atoms with Crippen LogP contribution in [0.5, 0.6) is 5.88 Å². The van der Waals surface area contributed by atoms with E-state index in [0.29, 0.717) is 22.7 Å². The minimum atomic E-state index is -4.92. The number of anilines is 1. The van der Waals surface area contributed by atoms with Crippen molar-refractivity contribution >= 4 is 36.4 Å². The first-order chi connectivity index (χ1) is 16.0. The first kappa shape index (κ1) is 24.0. The Hall–Kier alpha value is -3.18. The molecule has 0 bridgehead atoms. The fourth-order valence-corrected chi connectivity index (χ4v) is 6.36. The number of benzene rings is 2. The van der Waals surface area contributed by atoms with Gasteiger partial charge in [0.15, 0.2) is 0 Å². The van der Waals surface area contributed by atoms with Crippen molar-refractivity contribution in [2.75, 3.05) is 11.4 Å². The van der Waals surface area contributed by atoms with Crippen LogP contribution in [0.3, 0.4) is 0 Å². The van der Waals surface area contributed by atoms with E-state index in [0.717, 1.165) is 26.7 Å². The highest BCUT2D eigenvalue weighted by atomic mass is 32.2. The average molecular weight is 511 g/mol. The quantitative estimate of drug-likeness (QED) is 0.291. The number of hydrogen-bond acceptors (Lipinski definition) is 5. The van der Waals surface area contributed by atoms with Crippen molar-refractivity contribution in [3.05, 3.63) is 83.3 Å². The number of nitrogens with zero attached hydrogens (tertiary/aromatic N) is 2. The molecule has 0 spiro atoms. The first-order valence-corrected chi connectivity index (χ1v) is 12.1. The minimum Gasteiger partial charge on any atom is -0.481 e. The van der Waals surface area contributed by atoms with Gasteiger partial charge in [0.2, 0.25) is 5.88 Å². The van der Waals surface area contributed by atoms with Crippen molar-refractivity contribution in [2.45, 2.75) is 24.5 Å². The van der Waals surface area contributed by atoms with Gasteiger partial charge in [-0.05, 0) is 47.7 Å². The second-order valence-electron chi connectivity index (χ2n) is 7.39. The van der Waals surface area contributed by atoms with Crippen LogP contribution in [-0.4, -0.2) is 20.5 Å². The Morgan fingerprint density at radius 3 is 2.44 bits per heavy atom. The van der Waals surface area contributed by atoms with Crippen LogP contribution < -0.4 is 9.04 Å². The molecule has 2 aromatic carbocycles. The highest BCUT2D eigenvalue weighted by Gasteiger charge is 2.35. The van der Waals surface area contributed by atoms with Gasteiger partial charge < -0.3 is 4.74 Å². The number of methoxy groups -OCH3 is 1. The zero-order valence-electron chi connectivity index (χ0n) is 17.9. The molecule has 0 aliphatic carbocycles. The van der Waals surface area contributed by atoms with Crippen molar-refractivity contribution < 1.29 is 30.7 Å². The van der Waals surface area contributed by atoms with E-state index in [4.69, 9.17) is 4.74 Å². The molecular weight excluding hydrogens is 492 g/mol. The summed E-state index contributed by atoms with van der Waals surface area (Å²) in [6.45, 7) is 1.31. The van der Waals surface area contributed by atoms with E-state index < -0.39 is 34.1 Å². The molecule has 0 fully saturated rings. The minimum absolute atomic E-state index is 0.0179. The highest BCUT2D eigenvalue weighted by molar-refractivity contribution is 7.93. The first-order valence-electron chi connectivity index (χ1n) is 9.89. The second-order valence-corrected chi connectivity index (χ2v) is 10.3. The molecule has 0 aliphatic heterocycles. The number of fused-ring (bicyclic) bond motifs is 1. The largest absolute Gasteiger partial charge is 0.481 e. The zero-order valence-corrected chi connectivity index (χ0v) is 19.6. The molecular formula is C23H18F4N2O3S2. The zero-order chi connectivity index (χ0) is 24.7. The number of pyridine rings is 1. The molecule has 178 valence electrons. The predicted molar refractivity (Wildman–Crippen MR) is 122 cm³/mol. The molecule has 2 heterocycles. The van der Waals surface area contributed by atoms with Crippen LogP contribution >= 0.6 is 11.3 Å². The maximum atomic E-state index is 13.8. The summed E-state index contributed by atoms with van der Waals surface area (Å²) in [4.78, 5) is 3.78. The molecule has 34 heavy (non-hydrogen) atoms. The van der Waals surface area contributed by atoms with Gasteiger partial charge >= 0.3 is 6.18 Å². The van der Waals surface area contributed by atoms with Gasteiger partial charge in [0.25, 0.3) is 10.0 Å². The second kappa shape index (κ2) is 8.88. The van der Waals surface area contributed by atoms with Gasteiger partial charge in [0.1, 0.15) is 15.7 Å². The van der Waals surface area contributed by atoms with Crippen LogP contribution in [0.1, 0.15) is 16.7 Å². The fourth-order valence-electron chi connectivity index (χ4n) is 3.49. The van der Waals surface area contributed by atoms with E-state index in [1.165, 1.54) is 30.6 Å². The summed E-state index contributed by atoms with van der Waals surface area (Å²) in [6.07, 6.45) is -3.80. The average Bonchev–Trinajstić information content (AvgIpc) is 3.13. The predicted octanol–water partition coefficient (Wildman–Crippen LogP) is 6.17.